The Bertz CT molecular complexity index is 585. The highest BCUT2D eigenvalue weighted by Crippen LogP contribution is 2.33. The molecule has 0 fully saturated rings. The third kappa shape index (κ3) is 4.47. The summed E-state index contributed by atoms with van der Waals surface area (Å²) in [6.07, 6.45) is 2.08. The van der Waals surface area contributed by atoms with Gasteiger partial charge in [0, 0.05) is 24.7 Å². The summed E-state index contributed by atoms with van der Waals surface area (Å²) in [5.74, 6) is 0. The Morgan fingerprint density at radius 1 is 1.45 bits per heavy atom. The third-order valence-corrected chi connectivity index (χ3v) is 3.49. The lowest BCUT2D eigenvalue weighted by Crippen LogP contribution is -2.27. The van der Waals surface area contributed by atoms with Crippen LogP contribution in [0.2, 0.25) is 0 Å². The summed E-state index contributed by atoms with van der Waals surface area (Å²) < 4.78 is 5.25. The van der Waals surface area contributed by atoms with Crippen LogP contribution in [0.3, 0.4) is 0 Å². The monoisotopic (exact) mass is 301 g/mol. The average Bonchev–Trinajstić information content (AvgIpc) is 2.79. The van der Waals surface area contributed by atoms with E-state index in [4.69, 9.17) is 10.00 Å². The van der Waals surface area contributed by atoms with E-state index < -0.39 is 11.7 Å². The van der Waals surface area contributed by atoms with Crippen LogP contribution in [-0.2, 0) is 11.2 Å². The highest BCUT2D eigenvalue weighted by Gasteiger charge is 2.22. The van der Waals surface area contributed by atoms with E-state index in [0.717, 1.165) is 18.5 Å². The van der Waals surface area contributed by atoms with Gasteiger partial charge in [-0.3, -0.25) is 5.32 Å². The Hall–Kier alpha value is -2.06. The van der Waals surface area contributed by atoms with Gasteiger partial charge >= 0.3 is 6.09 Å². The average molecular weight is 301 g/mol. The number of nitrogens with one attached hydrogen (secondary N) is 2. The van der Waals surface area contributed by atoms with Crippen molar-refractivity contribution in [3.63, 3.8) is 0 Å². The van der Waals surface area contributed by atoms with Crippen LogP contribution in [0.1, 0.15) is 50.8 Å². The van der Waals surface area contributed by atoms with E-state index in [1.165, 1.54) is 11.1 Å². The van der Waals surface area contributed by atoms with Crippen molar-refractivity contribution in [1.82, 2.24) is 5.32 Å². The van der Waals surface area contributed by atoms with E-state index in [1.54, 1.807) is 0 Å². The highest BCUT2D eigenvalue weighted by molar-refractivity contribution is 5.85. The van der Waals surface area contributed by atoms with Gasteiger partial charge in [-0.2, -0.15) is 5.26 Å². The fourth-order valence-electron chi connectivity index (χ4n) is 2.63. The van der Waals surface area contributed by atoms with Crippen molar-refractivity contribution >= 4 is 11.8 Å². The van der Waals surface area contributed by atoms with Gasteiger partial charge in [-0.1, -0.05) is 6.07 Å². The zero-order chi connectivity index (χ0) is 16.2. The van der Waals surface area contributed by atoms with E-state index in [-0.39, 0.29) is 0 Å². The number of benzene rings is 1. The van der Waals surface area contributed by atoms with Crippen molar-refractivity contribution in [1.29, 1.82) is 5.26 Å². The fourth-order valence-corrected chi connectivity index (χ4v) is 2.63. The summed E-state index contributed by atoms with van der Waals surface area (Å²) in [5, 5.41) is 14.8. The minimum atomic E-state index is -0.503. The second kappa shape index (κ2) is 6.80. The molecular formula is C17H23N3O2. The standard InChI is InChI=1S/C17H23N3O2/c1-17(2,3)22-16(21)20-13-6-7-14-12(11-13)5-8-15(14)19-10-4-9-18/h6-7,11,15,19H,4-5,8,10H2,1-3H3,(H,20,21). The van der Waals surface area contributed by atoms with Gasteiger partial charge < -0.3 is 10.1 Å². The van der Waals surface area contributed by atoms with Crippen molar-refractivity contribution in [2.45, 2.75) is 51.7 Å². The molecule has 2 N–H and O–H groups in total. The predicted molar refractivity (Wildman–Crippen MR) is 85.6 cm³/mol. The van der Waals surface area contributed by atoms with Crippen molar-refractivity contribution in [3.8, 4) is 6.07 Å². The quantitative estimate of drug-likeness (QED) is 0.834. The summed E-state index contributed by atoms with van der Waals surface area (Å²) in [4.78, 5) is 11.8. The van der Waals surface area contributed by atoms with E-state index in [0.29, 0.717) is 19.0 Å². The Labute approximate surface area is 131 Å². The summed E-state index contributed by atoms with van der Waals surface area (Å²) >= 11 is 0. The van der Waals surface area contributed by atoms with Crippen LogP contribution >= 0.6 is 0 Å². The predicted octanol–water partition coefficient (Wildman–Crippen LogP) is 3.52. The number of hydrogen-bond acceptors (Lipinski definition) is 4. The van der Waals surface area contributed by atoms with Gasteiger partial charge in [0.15, 0.2) is 0 Å². The maximum Gasteiger partial charge on any atom is 0.412 e. The Morgan fingerprint density at radius 2 is 2.23 bits per heavy atom. The minimum absolute atomic E-state index is 0.305. The molecule has 5 heteroatoms. The summed E-state index contributed by atoms with van der Waals surface area (Å²) in [7, 11) is 0. The Kier molecular flexibility index (Phi) is 5.04. The van der Waals surface area contributed by atoms with Crippen molar-refractivity contribution in [2.24, 2.45) is 0 Å². The minimum Gasteiger partial charge on any atom is -0.444 e. The number of nitrogens with zero attached hydrogens (tertiary/aromatic N) is 1. The van der Waals surface area contributed by atoms with Crippen molar-refractivity contribution < 1.29 is 9.53 Å². The van der Waals surface area contributed by atoms with E-state index in [1.807, 2.05) is 39.0 Å². The van der Waals surface area contributed by atoms with Gasteiger partial charge in [0.25, 0.3) is 0 Å². The van der Waals surface area contributed by atoms with Gasteiger partial charge in [0.1, 0.15) is 5.60 Å². The van der Waals surface area contributed by atoms with E-state index in [2.05, 4.69) is 16.7 Å². The summed E-state index contributed by atoms with van der Waals surface area (Å²) in [5.41, 5.74) is 2.75. The molecule has 1 amide bonds. The number of anilines is 1. The first-order chi connectivity index (χ1) is 10.4. The fraction of sp³-hybridized carbons (Fsp3) is 0.529. The zero-order valence-electron chi connectivity index (χ0n) is 13.4. The lowest BCUT2D eigenvalue weighted by atomic mass is 10.1. The Balaban J connectivity index is 1.98. The molecule has 2 rings (SSSR count). The molecule has 1 atom stereocenters. The van der Waals surface area contributed by atoms with Crippen LogP contribution < -0.4 is 10.6 Å². The van der Waals surface area contributed by atoms with Gasteiger partial charge in [-0.25, -0.2) is 4.79 Å². The van der Waals surface area contributed by atoms with E-state index >= 15 is 0 Å². The molecule has 0 aromatic heterocycles. The molecule has 1 unspecified atom stereocenters. The lowest BCUT2D eigenvalue weighted by molar-refractivity contribution is 0.0636. The number of ether oxygens (including phenoxy) is 1. The van der Waals surface area contributed by atoms with Gasteiger partial charge in [-0.05, 0) is 56.9 Å². The highest BCUT2D eigenvalue weighted by atomic mass is 16.6. The SMILES string of the molecule is CC(C)(C)OC(=O)Nc1ccc2c(c1)CCC2NCCC#N. The molecule has 0 heterocycles. The number of carbonyl (C=O) groups excluding carboxylic acids is 1. The number of aryl methyl sites for hydroxylation is 1. The summed E-state index contributed by atoms with van der Waals surface area (Å²) in [6, 6.07) is 8.39. The topological polar surface area (TPSA) is 74.2 Å². The first kappa shape index (κ1) is 16.3. The number of fused-ring (bicyclic) bond motifs is 1. The number of nitriles is 1. The van der Waals surface area contributed by atoms with Gasteiger partial charge in [-0.15, -0.1) is 0 Å². The molecule has 0 saturated heterocycles. The molecular weight excluding hydrogens is 278 g/mol. The van der Waals surface area contributed by atoms with Crippen LogP contribution in [0, 0.1) is 11.3 Å². The Morgan fingerprint density at radius 3 is 2.91 bits per heavy atom. The largest absolute Gasteiger partial charge is 0.444 e. The lowest BCUT2D eigenvalue weighted by Gasteiger charge is -2.20. The van der Waals surface area contributed by atoms with E-state index in [9.17, 15) is 4.79 Å². The van der Waals surface area contributed by atoms with Crippen LogP contribution in [0.15, 0.2) is 18.2 Å². The van der Waals surface area contributed by atoms with Crippen LogP contribution in [0.5, 0.6) is 0 Å². The molecule has 0 spiro atoms. The second-order valence-electron chi connectivity index (χ2n) is 6.49. The number of hydrogen-bond donors (Lipinski definition) is 2. The molecule has 1 aliphatic carbocycles. The second-order valence-corrected chi connectivity index (χ2v) is 6.49. The normalized spacial score (nSPS) is 16.7. The molecule has 0 radical (unpaired) electrons. The molecule has 5 nitrogen and oxygen atoms in total. The summed E-state index contributed by atoms with van der Waals surface area (Å²) in [6.45, 7) is 6.23. The number of carbonyl (C=O) groups is 1. The van der Waals surface area contributed by atoms with Gasteiger partial charge in [0.05, 0.1) is 6.07 Å². The van der Waals surface area contributed by atoms with Crippen molar-refractivity contribution in [3.05, 3.63) is 29.3 Å². The molecule has 118 valence electrons. The van der Waals surface area contributed by atoms with Gasteiger partial charge in [0.2, 0.25) is 0 Å². The van der Waals surface area contributed by atoms with Crippen LogP contribution in [0.4, 0.5) is 10.5 Å². The maximum atomic E-state index is 11.8. The smallest absolute Gasteiger partial charge is 0.412 e. The molecule has 0 aliphatic heterocycles. The third-order valence-electron chi connectivity index (χ3n) is 3.49. The first-order valence-electron chi connectivity index (χ1n) is 7.62. The number of amides is 1. The molecule has 1 aromatic rings. The maximum absolute atomic E-state index is 11.8. The number of rotatable bonds is 4. The van der Waals surface area contributed by atoms with Crippen LogP contribution in [0.25, 0.3) is 0 Å². The van der Waals surface area contributed by atoms with Crippen LogP contribution in [-0.4, -0.2) is 18.2 Å². The molecule has 0 bridgehead atoms. The molecule has 1 aliphatic rings. The molecule has 1 aromatic carbocycles. The molecule has 0 saturated carbocycles. The first-order valence-corrected chi connectivity index (χ1v) is 7.62. The van der Waals surface area contributed by atoms with Crippen molar-refractivity contribution in [2.75, 3.05) is 11.9 Å². The zero-order valence-corrected chi connectivity index (χ0v) is 13.4. The molecule has 22 heavy (non-hydrogen) atoms.